The summed E-state index contributed by atoms with van der Waals surface area (Å²) < 4.78 is 35.0. The van der Waals surface area contributed by atoms with Crippen LogP contribution < -0.4 is 20.1 Å². The number of nitrogens with one attached hydrogen (secondary N) is 2. The molecule has 1 heterocycles. The zero-order chi connectivity index (χ0) is 21.3. The molecule has 4 rings (SSSR count). The summed E-state index contributed by atoms with van der Waals surface area (Å²) in [6.45, 7) is 1.81. The zero-order valence-electron chi connectivity index (χ0n) is 15.7. The Bertz CT molecular complexity index is 1130. The summed E-state index contributed by atoms with van der Waals surface area (Å²) in [5.74, 6) is -1.06. The van der Waals surface area contributed by atoms with Crippen LogP contribution in [0.3, 0.4) is 0 Å². The fraction of sp³-hybridized carbons (Fsp3) is 0.0909. The van der Waals surface area contributed by atoms with Crippen molar-refractivity contribution in [2.75, 3.05) is 10.6 Å². The molecule has 0 spiro atoms. The highest BCUT2D eigenvalue weighted by atomic mass is 19.3. The molecule has 0 radical (unpaired) electrons. The molecule has 0 atom stereocenters. The van der Waals surface area contributed by atoms with Crippen molar-refractivity contribution in [3.63, 3.8) is 0 Å². The summed E-state index contributed by atoms with van der Waals surface area (Å²) in [6.07, 6.45) is -3.73. The Morgan fingerprint density at radius 2 is 1.50 bits per heavy atom. The topological polar surface area (TPSA) is 76.7 Å². The van der Waals surface area contributed by atoms with E-state index in [1.807, 2.05) is 6.07 Å². The van der Waals surface area contributed by atoms with Crippen molar-refractivity contribution in [1.29, 1.82) is 0 Å². The number of benzene rings is 3. The van der Waals surface area contributed by atoms with Crippen LogP contribution in [0.5, 0.6) is 11.5 Å². The number of carbonyl (C=O) groups is 2. The molecule has 0 aromatic heterocycles. The monoisotopic (exact) mass is 410 g/mol. The van der Waals surface area contributed by atoms with E-state index < -0.39 is 12.2 Å². The van der Waals surface area contributed by atoms with Gasteiger partial charge in [-0.15, -0.1) is 8.78 Å². The van der Waals surface area contributed by atoms with Crippen LogP contribution in [-0.2, 0) is 0 Å². The van der Waals surface area contributed by atoms with Gasteiger partial charge in [-0.1, -0.05) is 24.3 Å². The van der Waals surface area contributed by atoms with Crippen LogP contribution in [0.25, 0.3) is 0 Å². The first kappa shape index (κ1) is 19.4. The van der Waals surface area contributed by atoms with Crippen LogP contribution in [0.15, 0.2) is 66.7 Å². The van der Waals surface area contributed by atoms with Crippen molar-refractivity contribution in [1.82, 2.24) is 0 Å². The van der Waals surface area contributed by atoms with Gasteiger partial charge in [0.15, 0.2) is 11.5 Å². The summed E-state index contributed by atoms with van der Waals surface area (Å²) in [4.78, 5) is 25.0. The lowest BCUT2D eigenvalue weighted by Crippen LogP contribution is -2.25. The van der Waals surface area contributed by atoms with Gasteiger partial charge < -0.3 is 20.1 Å². The van der Waals surface area contributed by atoms with Crippen molar-refractivity contribution >= 4 is 23.2 Å². The minimum absolute atomic E-state index is 0.112. The molecular weight excluding hydrogens is 394 g/mol. The van der Waals surface area contributed by atoms with E-state index in [2.05, 4.69) is 20.1 Å². The molecule has 3 aromatic carbocycles. The van der Waals surface area contributed by atoms with E-state index in [4.69, 9.17) is 0 Å². The van der Waals surface area contributed by atoms with Gasteiger partial charge in [-0.25, -0.2) is 0 Å². The van der Waals surface area contributed by atoms with Crippen molar-refractivity contribution in [3.05, 3.63) is 83.4 Å². The van der Waals surface area contributed by atoms with Crippen LogP contribution in [0, 0.1) is 6.92 Å². The fourth-order valence-corrected chi connectivity index (χ4v) is 2.91. The fourth-order valence-electron chi connectivity index (χ4n) is 2.91. The van der Waals surface area contributed by atoms with E-state index in [0.717, 1.165) is 5.56 Å². The highest BCUT2D eigenvalue weighted by Crippen LogP contribution is 2.42. The van der Waals surface area contributed by atoms with Crippen molar-refractivity contribution < 1.29 is 27.8 Å². The second kappa shape index (κ2) is 7.47. The van der Waals surface area contributed by atoms with E-state index in [-0.39, 0.29) is 28.7 Å². The van der Waals surface area contributed by atoms with Crippen LogP contribution in [0.4, 0.5) is 20.2 Å². The van der Waals surface area contributed by atoms with Gasteiger partial charge in [-0.2, -0.15) is 0 Å². The first-order valence-corrected chi connectivity index (χ1v) is 8.99. The SMILES string of the molecule is Cc1ccc(C(=O)Nc2ccc3c(c2)OC(F)(F)O3)cc1NC(=O)c1ccccc1. The first-order valence-electron chi connectivity index (χ1n) is 8.99. The molecule has 0 saturated carbocycles. The van der Waals surface area contributed by atoms with Gasteiger partial charge >= 0.3 is 6.29 Å². The number of hydrogen-bond donors (Lipinski definition) is 2. The highest BCUT2D eigenvalue weighted by molar-refractivity contribution is 6.07. The maximum atomic E-state index is 13.1. The lowest BCUT2D eigenvalue weighted by molar-refractivity contribution is -0.286. The van der Waals surface area contributed by atoms with E-state index in [1.165, 1.54) is 18.2 Å². The number of alkyl halides is 2. The van der Waals surface area contributed by atoms with Crippen molar-refractivity contribution in [2.45, 2.75) is 13.2 Å². The number of amides is 2. The zero-order valence-corrected chi connectivity index (χ0v) is 15.7. The summed E-state index contributed by atoms with van der Waals surface area (Å²) in [5, 5.41) is 5.40. The quantitative estimate of drug-likeness (QED) is 0.647. The molecule has 3 aromatic rings. The van der Waals surface area contributed by atoms with Crippen LogP contribution in [0.1, 0.15) is 26.3 Å². The number of halogens is 2. The largest absolute Gasteiger partial charge is 0.586 e. The molecule has 2 N–H and O–H groups in total. The molecule has 0 fully saturated rings. The maximum absolute atomic E-state index is 13.1. The predicted octanol–water partition coefficient (Wildman–Crippen LogP) is 4.82. The molecule has 0 aliphatic carbocycles. The number of carbonyl (C=O) groups excluding carboxylic acids is 2. The molecule has 0 bridgehead atoms. The second-order valence-corrected chi connectivity index (χ2v) is 6.63. The smallest absolute Gasteiger partial charge is 0.395 e. The van der Waals surface area contributed by atoms with E-state index in [1.54, 1.807) is 49.4 Å². The van der Waals surface area contributed by atoms with Gasteiger partial charge in [0.2, 0.25) is 0 Å². The maximum Gasteiger partial charge on any atom is 0.586 e. The third-order valence-corrected chi connectivity index (χ3v) is 4.44. The van der Waals surface area contributed by atoms with Gasteiger partial charge in [0, 0.05) is 28.6 Å². The van der Waals surface area contributed by atoms with E-state index in [0.29, 0.717) is 11.3 Å². The summed E-state index contributed by atoms with van der Waals surface area (Å²) in [5.41, 5.74) is 2.30. The average molecular weight is 410 g/mol. The van der Waals surface area contributed by atoms with Gasteiger partial charge in [-0.3, -0.25) is 9.59 Å². The number of fused-ring (bicyclic) bond motifs is 1. The van der Waals surface area contributed by atoms with E-state index >= 15 is 0 Å². The molecule has 8 heteroatoms. The number of aryl methyl sites for hydroxylation is 1. The Kier molecular flexibility index (Phi) is 4.83. The number of anilines is 2. The van der Waals surface area contributed by atoms with Gasteiger partial charge in [0.05, 0.1) is 0 Å². The minimum Gasteiger partial charge on any atom is -0.395 e. The molecule has 152 valence electrons. The molecule has 6 nitrogen and oxygen atoms in total. The van der Waals surface area contributed by atoms with Crippen LogP contribution in [-0.4, -0.2) is 18.1 Å². The molecule has 30 heavy (non-hydrogen) atoms. The Labute approximate surface area is 170 Å². The summed E-state index contributed by atoms with van der Waals surface area (Å²) in [7, 11) is 0. The molecular formula is C22H16F2N2O4. The number of ether oxygens (including phenoxy) is 2. The minimum atomic E-state index is -3.73. The Hall–Kier alpha value is -3.94. The lowest BCUT2D eigenvalue weighted by atomic mass is 10.1. The van der Waals surface area contributed by atoms with Crippen molar-refractivity contribution in [2.24, 2.45) is 0 Å². The first-order chi connectivity index (χ1) is 14.3. The van der Waals surface area contributed by atoms with Gasteiger partial charge in [-0.05, 0) is 48.9 Å². The van der Waals surface area contributed by atoms with Crippen LogP contribution in [0.2, 0.25) is 0 Å². The normalized spacial score (nSPS) is 13.6. The van der Waals surface area contributed by atoms with Gasteiger partial charge in [0.25, 0.3) is 11.8 Å². The molecule has 1 aliphatic rings. The Morgan fingerprint density at radius 1 is 0.800 bits per heavy atom. The third kappa shape index (κ3) is 4.07. The second-order valence-electron chi connectivity index (χ2n) is 6.63. The molecule has 2 amide bonds. The van der Waals surface area contributed by atoms with Gasteiger partial charge in [0.1, 0.15) is 0 Å². The van der Waals surface area contributed by atoms with E-state index in [9.17, 15) is 18.4 Å². The third-order valence-electron chi connectivity index (χ3n) is 4.44. The summed E-state index contributed by atoms with van der Waals surface area (Å²) in [6, 6.07) is 17.5. The molecule has 1 aliphatic heterocycles. The van der Waals surface area contributed by atoms with Crippen LogP contribution >= 0.6 is 0 Å². The lowest BCUT2D eigenvalue weighted by Gasteiger charge is -2.11. The molecule has 0 unspecified atom stereocenters. The average Bonchev–Trinajstić information content (AvgIpc) is 3.03. The standard InChI is InChI=1S/C22H16F2N2O4/c1-13-7-8-15(11-17(13)26-20(27)14-5-3-2-4-6-14)21(28)25-16-9-10-18-19(12-16)30-22(23,24)29-18/h2-12H,1H3,(H,25,28)(H,26,27). The predicted molar refractivity (Wildman–Crippen MR) is 106 cm³/mol. The molecule has 0 saturated heterocycles. The highest BCUT2D eigenvalue weighted by Gasteiger charge is 2.43. The number of hydrogen-bond acceptors (Lipinski definition) is 4. The Morgan fingerprint density at radius 3 is 2.27 bits per heavy atom. The summed E-state index contributed by atoms with van der Waals surface area (Å²) >= 11 is 0. The Balaban J connectivity index is 1.50. The van der Waals surface area contributed by atoms with Crippen molar-refractivity contribution in [3.8, 4) is 11.5 Å². The number of rotatable bonds is 4.